The fraction of sp³-hybridized carbons (Fsp3) is 0.500. The van der Waals surface area contributed by atoms with Crippen molar-refractivity contribution in [3.8, 4) is 0 Å². The predicted octanol–water partition coefficient (Wildman–Crippen LogP) is 0.651. The van der Waals surface area contributed by atoms with Crippen LogP contribution in [-0.2, 0) is 23.6 Å². The lowest BCUT2D eigenvalue weighted by molar-refractivity contribution is 0.177. The minimum Gasteiger partial charge on any atom is -0.330 e. The van der Waals surface area contributed by atoms with Crippen LogP contribution in [0.1, 0.15) is 5.82 Å². The minimum atomic E-state index is -3.07. The van der Waals surface area contributed by atoms with E-state index in [-0.39, 0.29) is 0 Å². The Morgan fingerprint density at radius 2 is 1.81 bits per heavy atom. The first-order chi connectivity index (χ1) is 9.95. The highest BCUT2D eigenvalue weighted by Gasteiger charge is 2.24. The van der Waals surface area contributed by atoms with Crippen molar-refractivity contribution >= 4 is 21.1 Å². The van der Waals surface area contributed by atoms with E-state index >= 15 is 0 Å². The number of aryl methyl sites for hydroxylation is 1. The lowest BCUT2D eigenvalue weighted by Crippen LogP contribution is -2.48. The first kappa shape index (κ1) is 14.5. The number of benzene rings is 1. The van der Waals surface area contributed by atoms with Gasteiger partial charge in [-0.3, -0.25) is 4.90 Å². The Kier molecular flexibility index (Phi) is 3.73. The number of fused-ring (bicyclic) bond motifs is 1. The molecule has 114 valence electrons. The van der Waals surface area contributed by atoms with Crippen LogP contribution >= 0.6 is 0 Å². The molecule has 21 heavy (non-hydrogen) atoms. The maximum absolute atomic E-state index is 11.5. The highest BCUT2D eigenvalue weighted by molar-refractivity contribution is 7.88. The Hall–Kier alpha value is -1.44. The fourth-order valence-corrected chi connectivity index (χ4v) is 3.58. The Morgan fingerprint density at radius 1 is 1.14 bits per heavy atom. The molecule has 0 spiro atoms. The summed E-state index contributed by atoms with van der Waals surface area (Å²) in [6.45, 7) is 3.36. The van der Waals surface area contributed by atoms with E-state index in [0.29, 0.717) is 13.1 Å². The predicted molar refractivity (Wildman–Crippen MR) is 82.4 cm³/mol. The van der Waals surface area contributed by atoms with Crippen LogP contribution in [0.3, 0.4) is 0 Å². The van der Waals surface area contributed by atoms with Crippen molar-refractivity contribution in [3.63, 3.8) is 0 Å². The number of imidazole rings is 1. The molecule has 0 amide bonds. The molecule has 2 heterocycles. The summed E-state index contributed by atoms with van der Waals surface area (Å²) in [6.07, 6.45) is 1.27. The second-order valence-corrected chi connectivity index (χ2v) is 7.50. The van der Waals surface area contributed by atoms with Crippen molar-refractivity contribution < 1.29 is 8.42 Å². The zero-order valence-corrected chi connectivity index (χ0v) is 13.2. The van der Waals surface area contributed by atoms with Crippen LogP contribution in [0.15, 0.2) is 24.3 Å². The van der Waals surface area contributed by atoms with Crippen LogP contribution in [0.25, 0.3) is 11.0 Å². The Balaban J connectivity index is 1.71. The van der Waals surface area contributed by atoms with Crippen molar-refractivity contribution in [3.05, 3.63) is 30.1 Å². The van der Waals surface area contributed by atoms with Gasteiger partial charge in [0.25, 0.3) is 0 Å². The standard InChI is InChI=1S/C14H20N4O2S/c1-16-13-6-4-3-5-12(13)15-14(16)11-17-7-9-18(10-8-17)21(2,19)20/h3-6H,7-11H2,1-2H3. The number of nitrogens with zero attached hydrogens (tertiary/aromatic N) is 4. The quantitative estimate of drug-likeness (QED) is 0.835. The van der Waals surface area contributed by atoms with Crippen molar-refractivity contribution in [2.45, 2.75) is 6.54 Å². The number of sulfonamides is 1. The van der Waals surface area contributed by atoms with E-state index in [9.17, 15) is 8.42 Å². The van der Waals surface area contributed by atoms with Crippen LogP contribution in [0.4, 0.5) is 0 Å². The average Bonchev–Trinajstić information content (AvgIpc) is 2.76. The van der Waals surface area contributed by atoms with E-state index in [4.69, 9.17) is 0 Å². The normalized spacial score (nSPS) is 18.4. The molecule has 6 nitrogen and oxygen atoms in total. The summed E-state index contributed by atoms with van der Waals surface area (Å²) in [5, 5.41) is 0. The molecule has 0 bridgehead atoms. The van der Waals surface area contributed by atoms with Gasteiger partial charge in [-0.1, -0.05) is 12.1 Å². The molecule has 2 aromatic rings. The van der Waals surface area contributed by atoms with Gasteiger partial charge >= 0.3 is 0 Å². The molecule has 1 aliphatic heterocycles. The minimum absolute atomic E-state index is 0.558. The molecular formula is C14H20N4O2S. The fourth-order valence-electron chi connectivity index (χ4n) is 2.76. The lowest BCUT2D eigenvalue weighted by Gasteiger charge is -2.32. The van der Waals surface area contributed by atoms with Crippen molar-refractivity contribution in [1.82, 2.24) is 18.8 Å². The molecule has 0 N–H and O–H groups in total. The number of piperazine rings is 1. The highest BCUT2D eigenvalue weighted by atomic mass is 32.2. The molecule has 1 aliphatic rings. The van der Waals surface area contributed by atoms with Crippen molar-refractivity contribution in [2.24, 2.45) is 7.05 Å². The van der Waals surface area contributed by atoms with Crippen LogP contribution < -0.4 is 0 Å². The summed E-state index contributed by atoms with van der Waals surface area (Å²) in [6, 6.07) is 8.08. The van der Waals surface area contributed by atoms with Gasteiger partial charge in [-0.15, -0.1) is 0 Å². The number of para-hydroxylation sites is 2. The van der Waals surface area contributed by atoms with Gasteiger partial charge in [0.1, 0.15) is 5.82 Å². The largest absolute Gasteiger partial charge is 0.330 e. The molecule has 1 aromatic heterocycles. The van der Waals surface area contributed by atoms with E-state index in [2.05, 4.69) is 20.5 Å². The zero-order chi connectivity index (χ0) is 15.0. The maximum atomic E-state index is 11.5. The van der Waals surface area contributed by atoms with Gasteiger partial charge in [-0.25, -0.2) is 13.4 Å². The molecule has 1 saturated heterocycles. The van der Waals surface area contributed by atoms with E-state index in [1.807, 2.05) is 25.2 Å². The van der Waals surface area contributed by atoms with Crippen LogP contribution in [0.5, 0.6) is 0 Å². The number of hydrogen-bond acceptors (Lipinski definition) is 4. The van der Waals surface area contributed by atoms with Gasteiger partial charge in [0.2, 0.25) is 10.0 Å². The molecule has 1 aromatic carbocycles. The van der Waals surface area contributed by atoms with Gasteiger partial charge in [0, 0.05) is 33.2 Å². The topological polar surface area (TPSA) is 58.4 Å². The Bertz CT molecular complexity index is 745. The maximum Gasteiger partial charge on any atom is 0.211 e. The van der Waals surface area contributed by atoms with E-state index in [1.165, 1.54) is 6.26 Å². The summed E-state index contributed by atoms with van der Waals surface area (Å²) in [5.74, 6) is 1.02. The van der Waals surface area contributed by atoms with Crippen LogP contribution in [0, 0.1) is 0 Å². The van der Waals surface area contributed by atoms with Crippen LogP contribution in [-0.4, -0.2) is 59.6 Å². The van der Waals surface area contributed by atoms with E-state index in [0.717, 1.165) is 36.5 Å². The molecule has 0 aliphatic carbocycles. The van der Waals surface area contributed by atoms with Gasteiger partial charge < -0.3 is 4.57 Å². The second kappa shape index (κ2) is 5.40. The monoisotopic (exact) mass is 308 g/mol. The third-order valence-corrected chi connectivity index (χ3v) is 5.35. The molecule has 0 saturated carbocycles. The van der Waals surface area contributed by atoms with Gasteiger partial charge in [0.05, 0.1) is 23.8 Å². The van der Waals surface area contributed by atoms with Crippen LogP contribution in [0.2, 0.25) is 0 Å². The first-order valence-corrected chi connectivity index (χ1v) is 8.88. The SMILES string of the molecule is Cn1c(CN2CCN(S(C)(=O)=O)CC2)nc2ccccc21. The number of aromatic nitrogens is 2. The molecule has 0 atom stereocenters. The molecular weight excluding hydrogens is 288 g/mol. The third kappa shape index (κ3) is 2.95. The summed E-state index contributed by atoms with van der Waals surface area (Å²) < 4.78 is 26.7. The smallest absolute Gasteiger partial charge is 0.211 e. The second-order valence-electron chi connectivity index (χ2n) is 5.51. The van der Waals surface area contributed by atoms with Gasteiger partial charge in [-0.05, 0) is 12.1 Å². The average molecular weight is 308 g/mol. The lowest BCUT2D eigenvalue weighted by atomic mass is 10.3. The number of hydrogen-bond donors (Lipinski definition) is 0. The van der Waals surface area contributed by atoms with Crippen molar-refractivity contribution in [2.75, 3.05) is 32.4 Å². The first-order valence-electron chi connectivity index (χ1n) is 7.03. The van der Waals surface area contributed by atoms with Crippen molar-refractivity contribution in [1.29, 1.82) is 0 Å². The summed E-state index contributed by atoms with van der Waals surface area (Å²) in [5.41, 5.74) is 2.13. The third-order valence-electron chi connectivity index (χ3n) is 4.05. The van der Waals surface area contributed by atoms with E-state index < -0.39 is 10.0 Å². The Morgan fingerprint density at radius 3 is 2.43 bits per heavy atom. The Labute approximate surface area is 125 Å². The molecule has 7 heteroatoms. The molecule has 0 radical (unpaired) electrons. The summed E-state index contributed by atoms with van der Waals surface area (Å²) >= 11 is 0. The summed E-state index contributed by atoms with van der Waals surface area (Å²) in [4.78, 5) is 6.92. The molecule has 0 unspecified atom stereocenters. The highest BCUT2D eigenvalue weighted by Crippen LogP contribution is 2.16. The molecule has 1 fully saturated rings. The van der Waals surface area contributed by atoms with Gasteiger partial charge in [0.15, 0.2) is 0 Å². The zero-order valence-electron chi connectivity index (χ0n) is 12.4. The van der Waals surface area contributed by atoms with E-state index in [1.54, 1.807) is 4.31 Å². The number of rotatable bonds is 3. The summed E-state index contributed by atoms with van der Waals surface area (Å²) in [7, 11) is -1.04. The molecule has 3 rings (SSSR count). The van der Waals surface area contributed by atoms with Gasteiger partial charge in [-0.2, -0.15) is 4.31 Å².